The average molecular weight is 289 g/mol. The van der Waals surface area contributed by atoms with Gasteiger partial charge in [0.15, 0.2) is 0 Å². The Kier molecular flexibility index (Phi) is 4.91. The van der Waals surface area contributed by atoms with Crippen molar-refractivity contribution in [3.05, 3.63) is 33.8 Å². The molecule has 0 fully saturated rings. The first-order chi connectivity index (χ1) is 7.56. The lowest BCUT2D eigenvalue weighted by molar-refractivity contribution is 0.159. The fourth-order valence-electron chi connectivity index (χ4n) is 1.35. The molecule has 1 atom stereocenters. The van der Waals surface area contributed by atoms with Crippen LogP contribution in [0.2, 0.25) is 0 Å². The summed E-state index contributed by atoms with van der Waals surface area (Å²) in [6.07, 6.45) is -0.530. The molecule has 0 aliphatic rings. The molecule has 1 N–H and O–H groups in total. The van der Waals surface area contributed by atoms with Gasteiger partial charge >= 0.3 is 0 Å². The van der Waals surface area contributed by atoms with Crippen molar-refractivity contribution in [1.29, 1.82) is 0 Å². The fraction of sp³-hybridized carbons (Fsp3) is 0.333. The minimum atomic E-state index is -1.16. The molecule has 1 nitrogen and oxygen atoms in total. The first-order valence-corrected chi connectivity index (χ1v) is 5.57. The van der Waals surface area contributed by atoms with Gasteiger partial charge in [0.25, 0.3) is 0 Å². The number of hydrogen-bond acceptors (Lipinski definition) is 1. The van der Waals surface area contributed by atoms with Gasteiger partial charge in [0.1, 0.15) is 11.6 Å². The zero-order valence-electron chi connectivity index (χ0n) is 8.73. The molecule has 0 spiro atoms. The molecule has 4 heteroatoms. The van der Waals surface area contributed by atoms with Gasteiger partial charge in [-0.05, 0) is 25.5 Å². The summed E-state index contributed by atoms with van der Waals surface area (Å²) in [5.41, 5.74) is -0.291. The monoisotopic (exact) mass is 288 g/mol. The third kappa shape index (κ3) is 3.29. The van der Waals surface area contributed by atoms with E-state index in [1.54, 1.807) is 6.92 Å². The highest BCUT2D eigenvalue weighted by Crippen LogP contribution is 2.27. The van der Waals surface area contributed by atoms with Crippen molar-refractivity contribution in [2.24, 2.45) is 0 Å². The highest BCUT2D eigenvalue weighted by atomic mass is 79.9. The van der Waals surface area contributed by atoms with E-state index in [9.17, 15) is 13.9 Å². The molecule has 0 aliphatic heterocycles. The maximum atomic E-state index is 13.4. The smallest absolute Gasteiger partial charge is 0.133 e. The van der Waals surface area contributed by atoms with Crippen molar-refractivity contribution in [2.45, 2.75) is 25.9 Å². The lowest BCUT2D eigenvalue weighted by atomic mass is 10.0. The minimum absolute atomic E-state index is 0.219. The Morgan fingerprint density at radius 1 is 1.38 bits per heavy atom. The van der Waals surface area contributed by atoms with Crippen LogP contribution in [0.1, 0.15) is 31.4 Å². The molecule has 0 aromatic heterocycles. The van der Waals surface area contributed by atoms with Crippen LogP contribution in [0.4, 0.5) is 8.78 Å². The quantitative estimate of drug-likeness (QED) is 0.843. The number of rotatable bonds is 3. The maximum Gasteiger partial charge on any atom is 0.133 e. The number of aliphatic hydroxyl groups excluding tert-OH is 1. The van der Waals surface area contributed by atoms with Gasteiger partial charge < -0.3 is 5.11 Å². The fourth-order valence-corrected chi connectivity index (χ4v) is 1.75. The normalized spacial score (nSPS) is 11.8. The van der Waals surface area contributed by atoms with Crippen molar-refractivity contribution < 1.29 is 13.9 Å². The summed E-state index contributed by atoms with van der Waals surface area (Å²) in [7, 11) is 0. The summed E-state index contributed by atoms with van der Waals surface area (Å²) < 4.78 is 27.1. The zero-order valence-corrected chi connectivity index (χ0v) is 10.3. The summed E-state index contributed by atoms with van der Waals surface area (Å²) in [6, 6.07) is 2.26. The zero-order chi connectivity index (χ0) is 12.1. The molecule has 1 unspecified atom stereocenters. The molecule has 0 saturated carbocycles. The summed E-state index contributed by atoms with van der Waals surface area (Å²) in [5.74, 6) is 3.90. The van der Waals surface area contributed by atoms with Gasteiger partial charge in [-0.1, -0.05) is 15.9 Å². The van der Waals surface area contributed by atoms with E-state index in [4.69, 9.17) is 0 Å². The molecule has 0 amide bonds. The van der Waals surface area contributed by atoms with Crippen LogP contribution < -0.4 is 0 Å². The van der Waals surface area contributed by atoms with Gasteiger partial charge in [0, 0.05) is 10.9 Å². The summed E-state index contributed by atoms with van der Waals surface area (Å²) >= 11 is 2.98. The largest absolute Gasteiger partial charge is 0.388 e. The van der Waals surface area contributed by atoms with Gasteiger partial charge in [-0.2, -0.15) is 0 Å². The second kappa shape index (κ2) is 5.97. The molecule has 1 aromatic rings. The Labute approximate surface area is 102 Å². The highest BCUT2D eigenvalue weighted by molar-refractivity contribution is 9.10. The highest BCUT2D eigenvalue weighted by Gasteiger charge is 2.18. The van der Waals surface area contributed by atoms with E-state index in [2.05, 4.69) is 27.8 Å². The van der Waals surface area contributed by atoms with Gasteiger partial charge in [-0.25, -0.2) is 8.78 Å². The van der Waals surface area contributed by atoms with E-state index >= 15 is 0 Å². The van der Waals surface area contributed by atoms with Crippen LogP contribution in [0.25, 0.3) is 0 Å². The predicted octanol–water partition coefficient (Wildman–Crippen LogP) is 3.56. The molecule has 0 aliphatic carbocycles. The van der Waals surface area contributed by atoms with E-state index in [-0.39, 0.29) is 12.0 Å². The Bertz CT molecular complexity index is 411. The Balaban J connectivity index is 2.89. The Morgan fingerprint density at radius 3 is 2.44 bits per heavy atom. The minimum Gasteiger partial charge on any atom is -0.388 e. The summed E-state index contributed by atoms with van der Waals surface area (Å²) in [6.45, 7) is 1.67. The molecular weight excluding hydrogens is 278 g/mol. The SMILES string of the molecule is CC#CCCC(O)c1c(F)cc(Br)cc1F. The van der Waals surface area contributed by atoms with E-state index < -0.39 is 17.7 Å². The van der Waals surface area contributed by atoms with Crippen LogP contribution in [0.5, 0.6) is 0 Å². The molecule has 0 bridgehead atoms. The van der Waals surface area contributed by atoms with Crippen LogP contribution in [-0.2, 0) is 0 Å². The first kappa shape index (κ1) is 13.1. The molecule has 16 heavy (non-hydrogen) atoms. The van der Waals surface area contributed by atoms with Crippen molar-refractivity contribution >= 4 is 15.9 Å². The van der Waals surface area contributed by atoms with Crippen LogP contribution in [-0.4, -0.2) is 5.11 Å². The lowest BCUT2D eigenvalue weighted by Gasteiger charge is -2.11. The lowest BCUT2D eigenvalue weighted by Crippen LogP contribution is -2.04. The van der Waals surface area contributed by atoms with Crippen molar-refractivity contribution in [3.63, 3.8) is 0 Å². The van der Waals surface area contributed by atoms with E-state index in [0.717, 1.165) is 12.1 Å². The number of benzene rings is 1. The van der Waals surface area contributed by atoms with Gasteiger partial charge in [-0.3, -0.25) is 0 Å². The summed E-state index contributed by atoms with van der Waals surface area (Å²) in [4.78, 5) is 0. The molecule has 1 rings (SSSR count). The topological polar surface area (TPSA) is 20.2 Å². The van der Waals surface area contributed by atoms with E-state index in [1.165, 1.54) is 0 Å². The summed E-state index contributed by atoms with van der Waals surface area (Å²) in [5, 5.41) is 9.64. The molecule has 86 valence electrons. The van der Waals surface area contributed by atoms with Crippen LogP contribution >= 0.6 is 15.9 Å². The second-order valence-corrected chi connectivity index (χ2v) is 4.18. The molecule has 0 saturated heterocycles. The predicted molar refractivity (Wildman–Crippen MR) is 61.7 cm³/mol. The average Bonchev–Trinajstić information content (AvgIpc) is 2.16. The first-order valence-electron chi connectivity index (χ1n) is 4.78. The van der Waals surface area contributed by atoms with Gasteiger partial charge in [0.2, 0.25) is 0 Å². The molecule has 0 heterocycles. The van der Waals surface area contributed by atoms with Crippen molar-refractivity contribution in [1.82, 2.24) is 0 Å². The Morgan fingerprint density at radius 2 is 1.94 bits per heavy atom. The standard InChI is InChI=1S/C12H11BrF2O/c1-2-3-4-5-11(16)12-9(14)6-8(13)7-10(12)15/h6-7,11,16H,4-5H2,1H3. The van der Waals surface area contributed by atoms with Gasteiger partial charge in [-0.15, -0.1) is 11.8 Å². The number of hydrogen-bond donors (Lipinski definition) is 1. The van der Waals surface area contributed by atoms with Crippen LogP contribution in [0.15, 0.2) is 16.6 Å². The van der Waals surface area contributed by atoms with E-state index in [1.807, 2.05) is 0 Å². The van der Waals surface area contributed by atoms with Crippen molar-refractivity contribution in [2.75, 3.05) is 0 Å². The third-order valence-corrected chi connectivity index (χ3v) is 2.55. The second-order valence-electron chi connectivity index (χ2n) is 3.26. The van der Waals surface area contributed by atoms with Crippen LogP contribution in [0.3, 0.4) is 0 Å². The molecule has 0 radical (unpaired) electrons. The number of halogens is 3. The van der Waals surface area contributed by atoms with E-state index in [0.29, 0.717) is 10.9 Å². The Hall–Kier alpha value is -0.920. The maximum absolute atomic E-state index is 13.4. The van der Waals surface area contributed by atoms with Crippen LogP contribution in [0, 0.1) is 23.5 Å². The number of aliphatic hydroxyl groups is 1. The molecular formula is C12H11BrF2O. The van der Waals surface area contributed by atoms with Crippen molar-refractivity contribution in [3.8, 4) is 11.8 Å². The molecule has 1 aromatic carbocycles. The van der Waals surface area contributed by atoms with Gasteiger partial charge in [0.05, 0.1) is 11.7 Å². The third-order valence-electron chi connectivity index (χ3n) is 2.10.